The molecular weight excluding hydrogens is 397 g/mol. The van der Waals surface area contributed by atoms with E-state index in [0.29, 0.717) is 41.0 Å². The van der Waals surface area contributed by atoms with Crippen LogP contribution in [0.15, 0.2) is 60.8 Å². The maximum absolute atomic E-state index is 13.3. The number of ether oxygens (including phenoxy) is 2. The third-order valence-corrected chi connectivity index (χ3v) is 5.02. The number of benzene rings is 2. The fourth-order valence-electron chi connectivity index (χ4n) is 3.02. The first kappa shape index (κ1) is 19.2. The summed E-state index contributed by atoms with van der Waals surface area (Å²) in [5.74, 6) is 0.0772. The van der Waals surface area contributed by atoms with Gasteiger partial charge in [0.15, 0.2) is 0 Å². The molecule has 1 aliphatic carbocycles. The van der Waals surface area contributed by atoms with Gasteiger partial charge in [-0.05, 0) is 42.3 Å². The zero-order chi connectivity index (χ0) is 20.4. The largest absolute Gasteiger partial charge is 0.493 e. The Morgan fingerprint density at radius 3 is 2.62 bits per heavy atom. The number of carbonyl (C=O) groups is 1. The molecule has 2 aromatic carbocycles. The Labute approximate surface area is 171 Å². The van der Waals surface area contributed by atoms with Crippen LogP contribution in [0.25, 0.3) is 11.1 Å². The molecule has 1 fully saturated rings. The van der Waals surface area contributed by atoms with Crippen LogP contribution in [0.4, 0.5) is 4.39 Å². The molecule has 1 heterocycles. The van der Waals surface area contributed by atoms with Gasteiger partial charge in [-0.1, -0.05) is 29.8 Å². The average molecular weight is 414 g/mol. The summed E-state index contributed by atoms with van der Waals surface area (Å²) < 4.78 is 24.7. The minimum Gasteiger partial charge on any atom is -0.493 e. The third-order valence-electron chi connectivity index (χ3n) is 4.71. The summed E-state index contributed by atoms with van der Waals surface area (Å²) in [7, 11) is 0. The summed E-state index contributed by atoms with van der Waals surface area (Å²) in [6, 6.07) is 14.8. The van der Waals surface area contributed by atoms with E-state index in [2.05, 4.69) is 4.98 Å². The summed E-state index contributed by atoms with van der Waals surface area (Å²) in [5.41, 5.74) is 1.48. The lowest BCUT2D eigenvalue weighted by molar-refractivity contribution is -0.138. The summed E-state index contributed by atoms with van der Waals surface area (Å²) in [4.78, 5) is 15.0. The van der Waals surface area contributed by atoms with Crippen molar-refractivity contribution >= 4 is 17.6 Å². The van der Waals surface area contributed by atoms with E-state index in [0.717, 1.165) is 5.56 Å². The fourth-order valence-corrected chi connectivity index (χ4v) is 3.23. The quantitative estimate of drug-likeness (QED) is 0.523. The van der Waals surface area contributed by atoms with Gasteiger partial charge < -0.3 is 14.6 Å². The van der Waals surface area contributed by atoms with E-state index < -0.39 is 5.97 Å². The minimum atomic E-state index is -0.767. The van der Waals surface area contributed by atoms with Crippen LogP contribution in [-0.4, -0.2) is 22.7 Å². The molecule has 0 amide bonds. The van der Waals surface area contributed by atoms with Crippen molar-refractivity contribution in [2.45, 2.75) is 6.42 Å². The van der Waals surface area contributed by atoms with Crippen molar-refractivity contribution in [3.05, 3.63) is 71.8 Å². The van der Waals surface area contributed by atoms with E-state index in [-0.39, 0.29) is 17.7 Å². The van der Waals surface area contributed by atoms with E-state index in [1.807, 2.05) is 12.1 Å². The fraction of sp³-hybridized carbons (Fsp3) is 0.182. The Kier molecular flexibility index (Phi) is 5.36. The van der Waals surface area contributed by atoms with Crippen molar-refractivity contribution < 1.29 is 23.8 Å². The van der Waals surface area contributed by atoms with Crippen LogP contribution in [-0.2, 0) is 4.79 Å². The normalized spacial score (nSPS) is 17.6. The second-order valence-corrected chi connectivity index (χ2v) is 7.20. The van der Waals surface area contributed by atoms with Gasteiger partial charge in [-0.15, -0.1) is 0 Å². The molecule has 29 heavy (non-hydrogen) atoms. The number of aromatic nitrogens is 1. The average Bonchev–Trinajstić information content (AvgIpc) is 3.49. The molecule has 0 saturated heterocycles. The highest BCUT2D eigenvalue weighted by molar-refractivity contribution is 6.32. The number of carboxylic acids is 1. The first-order valence-electron chi connectivity index (χ1n) is 9.04. The first-order chi connectivity index (χ1) is 14.0. The third kappa shape index (κ3) is 4.66. The van der Waals surface area contributed by atoms with Crippen LogP contribution >= 0.6 is 11.6 Å². The minimum absolute atomic E-state index is 0.0717. The summed E-state index contributed by atoms with van der Waals surface area (Å²) in [5, 5.41) is 9.25. The van der Waals surface area contributed by atoms with E-state index in [9.17, 15) is 9.18 Å². The maximum Gasteiger partial charge on any atom is 0.306 e. The van der Waals surface area contributed by atoms with Crippen molar-refractivity contribution in [1.82, 2.24) is 4.98 Å². The molecule has 0 spiro atoms. The molecule has 7 heteroatoms. The molecular formula is C22H17ClFNO4. The number of rotatable bonds is 7. The number of hydrogen-bond acceptors (Lipinski definition) is 4. The van der Waals surface area contributed by atoms with Crippen molar-refractivity contribution in [2.24, 2.45) is 11.8 Å². The maximum atomic E-state index is 13.3. The van der Waals surface area contributed by atoms with Gasteiger partial charge in [0.2, 0.25) is 0 Å². The predicted molar refractivity (Wildman–Crippen MR) is 106 cm³/mol. The molecule has 3 aromatic rings. The SMILES string of the molecule is O=C(O)[C@@H]1C[C@H]1COc1ccc(-c2cc(Oc3cccc(F)c3)cnc2Cl)cc1. The topological polar surface area (TPSA) is 68.7 Å². The van der Waals surface area contributed by atoms with Gasteiger partial charge in [0.25, 0.3) is 0 Å². The van der Waals surface area contributed by atoms with E-state index in [1.165, 1.54) is 18.3 Å². The molecule has 2 atom stereocenters. The molecule has 148 valence electrons. The molecule has 4 rings (SSSR count). The Balaban J connectivity index is 1.45. The molecule has 1 aliphatic rings. The van der Waals surface area contributed by atoms with Crippen LogP contribution < -0.4 is 9.47 Å². The summed E-state index contributed by atoms with van der Waals surface area (Å²) in [6.45, 7) is 0.385. The van der Waals surface area contributed by atoms with Crippen molar-refractivity contribution in [2.75, 3.05) is 6.61 Å². The molecule has 0 aliphatic heterocycles. The van der Waals surface area contributed by atoms with Crippen LogP contribution in [0.1, 0.15) is 6.42 Å². The highest BCUT2D eigenvalue weighted by Crippen LogP contribution is 2.39. The van der Waals surface area contributed by atoms with E-state index in [4.69, 9.17) is 26.2 Å². The Bertz CT molecular complexity index is 1040. The molecule has 1 aromatic heterocycles. The van der Waals surface area contributed by atoms with Crippen molar-refractivity contribution in [1.29, 1.82) is 0 Å². The lowest BCUT2D eigenvalue weighted by Gasteiger charge is -2.10. The Morgan fingerprint density at radius 1 is 1.14 bits per heavy atom. The van der Waals surface area contributed by atoms with Crippen LogP contribution in [0.5, 0.6) is 17.2 Å². The van der Waals surface area contributed by atoms with Gasteiger partial charge in [0.1, 0.15) is 28.2 Å². The van der Waals surface area contributed by atoms with E-state index in [1.54, 1.807) is 30.3 Å². The monoisotopic (exact) mass is 413 g/mol. The number of nitrogens with zero attached hydrogens (tertiary/aromatic N) is 1. The highest BCUT2D eigenvalue weighted by Gasteiger charge is 2.43. The number of aliphatic carboxylic acids is 1. The molecule has 0 radical (unpaired) electrons. The van der Waals surface area contributed by atoms with Gasteiger partial charge >= 0.3 is 5.97 Å². The van der Waals surface area contributed by atoms with Crippen LogP contribution in [0.3, 0.4) is 0 Å². The summed E-state index contributed by atoms with van der Waals surface area (Å²) >= 11 is 6.24. The lowest BCUT2D eigenvalue weighted by Crippen LogP contribution is -2.06. The van der Waals surface area contributed by atoms with Crippen LogP contribution in [0.2, 0.25) is 5.15 Å². The van der Waals surface area contributed by atoms with Crippen molar-refractivity contribution in [3.8, 4) is 28.4 Å². The van der Waals surface area contributed by atoms with Gasteiger partial charge in [-0.25, -0.2) is 9.37 Å². The van der Waals surface area contributed by atoms with E-state index >= 15 is 0 Å². The Hall–Kier alpha value is -3.12. The second-order valence-electron chi connectivity index (χ2n) is 6.84. The van der Waals surface area contributed by atoms with Crippen molar-refractivity contribution in [3.63, 3.8) is 0 Å². The zero-order valence-corrected chi connectivity index (χ0v) is 16.0. The number of hydrogen-bond donors (Lipinski definition) is 1. The standard InChI is InChI=1S/C22H17ClFNO4/c23-21-19(10-18(11-25-21)29-17-3-1-2-15(24)9-17)13-4-6-16(7-5-13)28-12-14-8-20(14)22(26)27/h1-7,9-11,14,20H,8,12H2,(H,26,27)/t14-,20+/m0/s1. The molecule has 1 N–H and O–H groups in total. The highest BCUT2D eigenvalue weighted by atomic mass is 35.5. The lowest BCUT2D eigenvalue weighted by atomic mass is 10.1. The zero-order valence-electron chi connectivity index (χ0n) is 15.2. The van der Waals surface area contributed by atoms with Gasteiger partial charge in [0, 0.05) is 17.5 Å². The number of halogens is 2. The smallest absolute Gasteiger partial charge is 0.306 e. The van der Waals surface area contributed by atoms with Crippen LogP contribution in [0, 0.1) is 17.7 Å². The molecule has 5 nitrogen and oxygen atoms in total. The first-order valence-corrected chi connectivity index (χ1v) is 9.42. The number of carboxylic acid groups (broad SMARTS) is 1. The molecule has 1 saturated carbocycles. The molecule has 0 unspecified atom stereocenters. The van der Waals surface area contributed by atoms with Gasteiger partial charge in [0.05, 0.1) is 18.7 Å². The summed E-state index contributed by atoms with van der Waals surface area (Å²) in [6.07, 6.45) is 2.13. The predicted octanol–water partition coefficient (Wildman–Crippen LogP) is 5.43. The molecule has 0 bridgehead atoms. The van der Waals surface area contributed by atoms with Gasteiger partial charge in [-0.3, -0.25) is 4.79 Å². The van der Waals surface area contributed by atoms with Gasteiger partial charge in [-0.2, -0.15) is 0 Å². The number of pyridine rings is 1. The second kappa shape index (κ2) is 8.09. The Morgan fingerprint density at radius 2 is 1.93 bits per heavy atom.